The number of methoxy groups -OCH3 is 1. The van der Waals surface area contributed by atoms with Gasteiger partial charge < -0.3 is 4.74 Å². The summed E-state index contributed by atoms with van der Waals surface area (Å²) in [6.07, 6.45) is 0. The zero-order valence-electron chi connectivity index (χ0n) is 12.4. The number of hydrogen-bond acceptors (Lipinski definition) is 3. The van der Waals surface area contributed by atoms with Crippen LogP contribution in [0.25, 0.3) is 0 Å². The van der Waals surface area contributed by atoms with Crippen molar-refractivity contribution in [1.82, 2.24) is 4.48 Å². The van der Waals surface area contributed by atoms with Gasteiger partial charge in [0.15, 0.2) is 0 Å². The van der Waals surface area contributed by atoms with E-state index in [1.807, 2.05) is 36.4 Å². The van der Waals surface area contributed by atoms with Gasteiger partial charge in [0.25, 0.3) is 0 Å². The van der Waals surface area contributed by atoms with E-state index in [0.717, 1.165) is 21.6 Å². The molecule has 2 aromatic carbocycles. The Morgan fingerprint density at radius 1 is 0.750 bits per heavy atom. The van der Waals surface area contributed by atoms with E-state index in [9.17, 15) is 0 Å². The summed E-state index contributed by atoms with van der Waals surface area (Å²) >= 11 is 0. The van der Waals surface area contributed by atoms with Crippen LogP contribution in [0, 0.1) is 0 Å². The summed E-state index contributed by atoms with van der Waals surface area (Å²) in [4.78, 5) is 0. The molecule has 2 aromatic rings. The first kappa shape index (κ1) is 14.2. The molecule has 4 heteroatoms. The Morgan fingerprint density at radius 3 is 1.60 bits per heavy atom. The van der Waals surface area contributed by atoms with Crippen molar-refractivity contribution >= 4 is 17.1 Å². The van der Waals surface area contributed by atoms with E-state index in [-0.39, 0.29) is 0 Å². The summed E-state index contributed by atoms with van der Waals surface area (Å²) in [5.74, 6) is 0.816. The smallest absolute Gasteiger partial charge is 0.132 e. The fraction of sp³-hybridized carbons (Fsp3) is 0.250. The van der Waals surface area contributed by atoms with Crippen LogP contribution in [0.1, 0.15) is 0 Å². The topological polar surface area (TPSA) is 34.0 Å². The van der Waals surface area contributed by atoms with Crippen LogP contribution in [0.4, 0.5) is 17.1 Å². The maximum atomic E-state index is 5.10. The number of hydrogen-bond donors (Lipinski definition) is 0. The molecule has 0 aliphatic rings. The summed E-state index contributed by atoms with van der Waals surface area (Å²) in [5.41, 5.74) is 2.88. The standard InChI is InChI=1S/C16H20N3O/c1-19(2,3)15-9-5-13(6-10-15)17-18-14-7-11-16(20-4)12-8-14/h5-12H,1-4H3/q+1. The monoisotopic (exact) mass is 270 g/mol. The molecule has 0 fully saturated rings. The molecule has 0 bridgehead atoms. The van der Waals surface area contributed by atoms with Crippen molar-refractivity contribution in [2.45, 2.75) is 0 Å². The third kappa shape index (κ3) is 3.65. The Labute approximate surface area is 119 Å². The van der Waals surface area contributed by atoms with Crippen LogP contribution in [0.2, 0.25) is 0 Å². The highest BCUT2D eigenvalue weighted by atomic mass is 16.5. The zero-order valence-corrected chi connectivity index (χ0v) is 12.4. The van der Waals surface area contributed by atoms with Gasteiger partial charge >= 0.3 is 0 Å². The summed E-state index contributed by atoms with van der Waals surface area (Å²) in [6.45, 7) is 0. The molecule has 20 heavy (non-hydrogen) atoms. The van der Waals surface area contributed by atoms with Crippen molar-refractivity contribution in [3.63, 3.8) is 0 Å². The molecule has 0 amide bonds. The minimum absolute atomic E-state index is 0.788. The van der Waals surface area contributed by atoms with Gasteiger partial charge in [-0.3, -0.25) is 4.48 Å². The normalized spacial score (nSPS) is 11.8. The Hall–Kier alpha value is -2.20. The number of nitrogens with zero attached hydrogens (tertiary/aromatic N) is 3. The lowest BCUT2D eigenvalue weighted by atomic mass is 10.2. The van der Waals surface area contributed by atoms with E-state index in [0.29, 0.717) is 0 Å². The molecule has 2 rings (SSSR count). The SMILES string of the molecule is COc1ccc(N=Nc2ccc([N+](C)(C)C)cc2)cc1. The highest BCUT2D eigenvalue weighted by Crippen LogP contribution is 2.24. The van der Waals surface area contributed by atoms with E-state index < -0.39 is 0 Å². The van der Waals surface area contributed by atoms with Crippen LogP contribution in [0.5, 0.6) is 5.75 Å². The van der Waals surface area contributed by atoms with Crippen LogP contribution in [0.15, 0.2) is 58.8 Å². The van der Waals surface area contributed by atoms with Crippen molar-refractivity contribution in [1.29, 1.82) is 0 Å². The van der Waals surface area contributed by atoms with Gasteiger partial charge in [-0.05, 0) is 36.4 Å². The van der Waals surface area contributed by atoms with Crippen LogP contribution in [0.3, 0.4) is 0 Å². The van der Waals surface area contributed by atoms with Crippen molar-refractivity contribution in [3.05, 3.63) is 48.5 Å². The van der Waals surface area contributed by atoms with Gasteiger partial charge in [0.05, 0.1) is 39.6 Å². The fourth-order valence-electron chi connectivity index (χ4n) is 1.73. The van der Waals surface area contributed by atoms with Gasteiger partial charge in [0.2, 0.25) is 0 Å². The molecule has 0 aromatic heterocycles. The Morgan fingerprint density at radius 2 is 1.20 bits per heavy atom. The average Bonchev–Trinajstić information content (AvgIpc) is 2.45. The number of azo groups is 1. The molecule has 0 aliphatic carbocycles. The lowest BCUT2D eigenvalue weighted by Crippen LogP contribution is -2.34. The first-order valence-corrected chi connectivity index (χ1v) is 6.47. The summed E-state index contributed by atoms with van der Waals surface area (Å²) in [6, 6.07) is 15.6. The van der Waals surface area contributed by atoms with Gasteiger partial charge in [-0.25, -0.2) is 0 Å². The molecule has 0 heterocycles. The average molecular weight is 270 g/mol. The number of benzene rings is 2. The second-order valence-corrected chi connectivity index (χ2v) is 5.43. The largest absolute Gasteiger partial charge is 0.497 e. The Bertz CT molecular complexity index is 581. The third-order valence-electron chi connectivity index (χ3n) is 2.98. The molecule has 0 unspecified atom stereocenters. The second-order valence-electron chi connectivity index (χ2n) is 5.43. The molecule has 104 valence electrons. The predicted octanol–water partition coefficient (Wildman–Crippen LogP) is 4.31. The predicted molar refractivity (Wildman–Crippen MR) is 83.2 cm³/mol. The quantitative estimate of drug-likeness (QED) is 0.602. The molecule has 0 spiro atoms. The highest BCUT2D eigenvalue weighted by molar-refractivity contribution is 5.50. The van der Waals surface area contributed by atoms with Gasteiger partial charge in [-0.1, -0.05) is 0 Å². The number of ether oxygens (including phenoxy) is 1. The minimum atomic E-state index is 0.788. The Balaban J connectivity index is 2.10. The number of rotatable bonds is 4. The lowest BCUT2D eigenvalue weighted by Gasteiger charge is -2.23. The molecule has 0 saturated carbocycles. The summed E-state index contributed by atoms with van der Waals surface area (Å²) in [5, 5.41) is 8.44. The first-order chi connectivity index (χ1) is 9.49. The molecule has 0 N–H and O–H groups in total. The lowest BCUT2D eigenvalue weighted by molar-refractivity contribution is 0.415. The molecule has 0 aliphatic heterocycles. The summed E-state index contributed by atoms with van der Waals surface area (Å²) in [7, 11) is 8.04. The van der Waals surface area contributed by atoms with Crippen molar-refractivity contribution in [2.24, 2.45) is 10.2 Å². The molecule has 4 nitrogen and oxygen atoms in total. The first-order valence-electron chi connectivity index (χ1n) is 6.47. The second kappa shape index (κ2) is 5.84. The molecule has 0 radical (unpaired) electrons. The van der Waals surface area contributed by atoms with Gasteiger partial charge in [-0.2, -0.15) is 10.2 Å². The molecular weight excluding hydrogens is 250 g/mol. The summed E-state index contributed by atoms with van der Waals surface area (Å²) < 4.78 is 5.89. The highest BCUT2D eigenvalue weighted by Gasteiger charge is 2.10. The Kier molecular flexibility index (Phi) is 4.15. The maximum absolute atomic E-state index is 5.10. The minimum Gasteiger partial charge on any atom is -0.497 e. The van der Waals surface area contributed by atoms with Crippen LogP contribution in [-0.4, -0.2) is 28.3 Å². The molecule has 0 saturated heterocycles. The van der Waals surface area contributed by atoms with E-state index in [1.54, 1.807) is 7.11 Å². The molecule has 0 atom stereocenters. The van der Waals surface area contributed by atoms with Crippen LogP contribution in [-0.2, 0) is 0 Å². The van der Waals surface area contributed by atoms with Crippen LogP contribution >= 0.6 is 0 Å². The fourth-order valence-corrected chi connectivity index (χ4v) is 1.73. The third-order valence-corrected chi connectivity index (χ3v) is 2.98. The van der Waals surface area contributed by atoms with Crippen molar-refractivity contribution < 1.29 is 4.74 Å². The molecular formula is C16H20N3O+. The van der Waals surface area contributed by atoms with Crippen LogP contribution < -0.4 is 9.22 Å². The number of quaternary nitrogens is 1. The maximum Gasteiger partial charge on any atom is 0.132 e. The van der Waals surface area contributed by atoms with Crippen molar-refractivity contribution in [3.8, 4) is 5.75 Å². The van der Waals surface area contributed by atoms with Gasteiger partial charge in [-0.15, -0.1) is 0 Å². The van der Waals surface area contributed by atoms with E-state index >= 15 is 0 Å². The van der Waals surface area contributed by atoms with Crippen molar-refractivity contribution in [2.75, 3.05) is 28.3 Å². The van der Waals surface area contributed by atoms with Gasteiger partial charge in [0.1, 0.15) is 11.4 Å². The van der Waals surface area contributed by atoms with E-state index in [4.69, 9.17) is 4.74 Å². The van der Waals surface area contributed by atoms with E-state index in [1.165, 1.54) is 5.69 Å². The van der Waals surface area contributed by atoms with Gasteiger partial charge in [0, 0.05) is 12.1 Å². The zero-order chi connectivity index (χ0) is 14.6. The van der Waals surface area contributed by atoms with E-state index in [2.05, 4.69) is 43.5 Å².